The summed E-state index contributed by atoms with van der Waals surface area (Å²) in [7, 11) is 0. The summed E-state index contributed by atoms with van der Waals surface area (Å²) in [6.45, 7) is 2.26. The van der Waals surface area contributed by atoms with Crippen LogP contribution >= 0.6 is 0 Å². The molecule has 3 atom stereocenters. The summed E-state index contributed by atoms with van der Waals surface area (Å²) in [6.07, 6.45) is 1.76. The minimum Gasteiger partial charge on any atom is -0.393 e. The lowest BCUT2D eigenvalue weighted by Gasteiger charge is -2.40. The number of aromatic amines is 1. The van der Waals surface area contributed by atoms with E-state index < -0.39 is 12.3 Å². The Hall–Kier alpha value is -2.48. The second-order valence-electron chi connectivity index (χ2n) is 10.3. The molecule has 3 aliphatic rings. The smallest absolute Gasteiger partial charge is 0.148 e. The highest BCUT2D eigenvalue weighted by atomic mass is 19.1. The largest absolute Gasteiger partial charge is 0.393 e. The lowest BCUT2D eigenvalue weighted by atomic mass is 9.88. The number of benzene rings is 2. The first-order valence-corrected chi connectivity index (χ1v) is 12.4. The van der Waals surface area contributed by atoms with Gasteiger partial charge in [-0.25, -0.2) is 4.39 Å². The van der Waals surface area contributed by atoms with Crippen molar-refractivity contribution in [3.8, 4) is 0 Å². The zero-order valence-electron chi connectivity index (χ0n) is 19.3. The molecular weight excluding hydrogens is 434 g/mol. The van der Waals surface area contributed by atoms with Gasteiger partial charge in [-0.3, -0.25) is 14.2 Å². The van der Waals surface area contributed by atoms with E-state index in [2.05, 4.69) is 62.6 Å². The number of halogens is 2. The predicted octanol–water partition coefficient (Wildman–Crippen LogP) is 4.04. The summed E-state index contributed by atoms with van der Waals surface area (Å²) in [5.74, 6) is 0. The van der Waals surface area contributed by atoms with Crippen LogP contribution in [-0.2, 0) is 6.42 Å². The van der Waals surface area contributed by atoms with Crippen LogP contribution in [0.2, 0.25) is 0 Å². The maximum Gasteiger partial charge on any atom is 0.148 e. The Kier molecular flexibility index (Phi) is 5.59. The molecule has 2 fully saturated rings. The summed E-state index contributed by atoms with van der Waals surface area (Å²) in [4.78, 5) is 8.14. The number of fused-ring (bicyclic) bond motifs is 4. The molecule has 0 radical (unpaired) electrons. The highest BCUT2D eigenvalue weighted by molar-refractivity contribution is 5.85. The van der Waals surface area contributed by atoms with Crippen molar-refractivity contribution in [2.75, 3.05) is 44.8 Å². The highest BCUT2D eigenvalue weighted by Gasteiger charge is 2.50. The van der Waals surface area contributed by atoms with Crippen molar-refractivity contribution in [3.63, 3.8) is 0 Å². The van der Waals surface area contributed by atoms with Gasteiger partial charge in [0.05, 0.1) is 25.4 Å². The van der Waals surface area contributed by atoms with Gasteiger partial charge >= 0.3 is 0 Å². The van der Waals surface area contributed by atoms with E-state index >= 15 is 4.39 Å². The predicted molar refractivity (Wildman–Crippen MR) is 131 cm³/mol. The molecule has 180 valence electrons. The molecule has 2 aromatic carbocycles. The highest BCUT2D eigenvalue weighted by Crippen LogP contribution is 2.47. The van der Waals surface area contributed by atoms with Gasteiger partial charge in [0, 0.05) is 60.9 Å². The fraction of sp³-hybridized carbons (Fsp3) is 0.481. The minimum atomic E-state index is -1.55. The normalized spacial score (nSPS) is 27.5. The standard InChI is InChI=1S/C27H32F2N4O/c28-10-3-11-32-14-20(15-32)30-19-8-6-18(7-9-19)26-25-23(22-4-1-2-5-24(22)31-25)12-21-13-27(29,17-34)16-33(21)26/h1-2,4-9,20-21,26,30-31,34H,3,10-17H2/t21-,26+,27+/m0/s1. The van der Waals surface area contributed by atoms with E-state index in [1.807, 2.05) is 6.07 Å². The molecule has 5 nitrogen and oxygen atoms in total. The van der Waals surface area contributed by atoms with Gasteiger partial charge in [-0.15, -0.1) is 0 Å². The Balaban J connectivity index is 1.27. The van der Waals surface area contributed by atoms with Crippen LogP contribution in [0.15, 0.2) is 48.5 Å². The quantitative estimate of drug-likeness (QED) is 0.492. The number of para-hydroxylation sites is 1. The van der Waals surface area contributed by atoms with Crippen LogP contribution in [0.4, 0.5) is 14.5 Å². The molecule has 6 rings (SSSR count). The van der Waals surface area contributed by atoms with Crippen molar-refractivity contribution >= 4 is 16.6 Å². The van der Waals surface area contributed by atoms with Gasteiger partial charge in [-0.1, -0.05) is 30.3 Å². The summed E-state index contributed by atoms with van der Waals surface area (Å²) in [6, 6.07) is 17.2. The number of nitrogens with zero attached hydrogens (tertiary/aromatic N) is 2. The fourth-order valence-electron chi connectivity index (χ4n) is 6.22. The Labute approximate surface area is 198 Å². The molecule has 0 saturated carbocycles. The van der Waals surface area contributed by atoms with Crippen LogP contribution in [0, 0.1) is 0 Å². The first-order valence-electron chi connectivity index (χ1n) is 12.4. The molecule has 3 aliphatic heterocycles. The van der Waals surface area contributed by atoms with Gasteiger partial charge in [-0.05, 0) is 42.2 Å². The van der Waals surface area contributed by atoms with E-state index in [0.29, 0.717) is 18.9 Å². The fourth-order valence-corrected chi connectivity index (χ4v) is 6.22. The van der Waals surface area contributed by atoms with Gasteiger partial charge in [0.1, 0.15) is 5.67 Å². The summed E-state index contributed by atoms with van der Waals surface area (Å²) in [5.41, 5.74) is 4.18. The molecule has 1 aromatic heterocycles. The lowest BCUT2D eigenvalue weighted by Crippen LogP contribution is -2.54. The third-order valence-electron chi connectivity index (χ3n) is 7.87. The van der Waals surface area contributed by atoms with E-state index in [-0.39, 0.29) is 25.3 Å². The molecule has 0 spiro atoms. The van der Waals surface area contributed by atoms with E-state index in [9.17, 15) is 9.50 Å². The van der Waals surface area contributed by atoms with Crippen LogP contribution < -0.4 is 5.32 Å². The molecule has 0 unspecified atom stereocenters. The number of likely N-dealkylation sites (tertiary alicyclic amines) is 1. The molecule has 7 heteroatoms. The second kappa shape index (κ2) is 8.63. The molecule has 3 aromatic rings. The van der Waals surface area contributed by atoms with Crippen molar-refractivity contribution in [1.82, 2.24) is 14.8 Å². The summed E-state index contributed by atoms with van der Waals surface area (Å²) in [5, 5.41) is 14.5. The van der Waals surface area contributed by atoms with Crippen molar-refractivity contribution in [1.29, 1.82) is 0 Å². The zero-order chi connectivity index (χ0) is 23.3. The Morgan fingerprint density at radius 1 is 1.12 bits per heavy atom. The second-order valence-corrected chi connectivity index (χ2v) is 10.3. The monoisotopic (exact) mass is 466 g/mol. The van der Waals surface area contributed by atoms with Gasteiger partial charge in [-0.2, -0.15) is 0 Å². The van der Waals surface area contributed by atoms with E-state index in [1.54, 1.807) is 0 Å². The lowest BCUT2D eigenvalue weighted by molar-refractivity contribution is 0.0733. The number of hydrogen-bond donors (Lipinski definition) is 3. The summed E-state index contributed by atoms with van der Waals surface area (Å²) >= 11 is 0. The Bertz CT molecular complexity index is 1160. The van der Waals surface area contributed by atoms with Gasteiger partial charge in [0.25, 0.3) is 0 Å². The first-order chi connectivity index (χ1) is 16.6. The molecular formula is C27H32F2N4O. The molecule has 0 bridgehead atoms. The number of nitrogens with one attached hydrogen (secondary N) is 2. The van der Waals surface area contributed by atoms with E-state index in [4.69, 9.17) is 0 Å². The number of H-pyrrole nitrogens is 1. The molecule has 0 amide bonds. The average Bonchev–Trinajstić information content (AvgIpc) is 3.36. The van der Waals surface area contributed by atoms with Crippen molar-refractivity contribution < 1.29 is 13.9 Å². The SMILES string of the molecule is OC[C@@]1(F)C[C@@H]2Cc3c([nH]c4ccccc34)[C@@H](c3ccc(NC4CN(CCCF)C4)cc3)N2C1. The number of aliphatic hydroxyl groups excluding tert-OH is 1. The Morgan fingerprint density at radius 2 is 1.91 bits per heavy atom. The molecule has 34 heavy (non-hydrogen) atoms. The zero-order valence-corrected chi connectivity index (χ0v) is 19.3. The third-order valence-corrected chi connectivity index (χ3v) is 7.87. The first kappa shape index (κ1) is 22.0. The van der Waals surface area contributed by atoms with Crippen LogP contribution in [0.5, 0.6) is 0 Å². The van der Waals surface area contributed by atoms with E-state index in [1.165, 1.54) is 10.9 Å². The molecule has 0 aliphatic carbocycles. The molecule has 2 saturated heterocycles. The summed E-state index contributed by atoms with van der Waals surface area (Å²) < 4.78 is 27.7. The van der Waals surface area contributed by atoms with Gasteiger partial charge in [0.2, 0.25) is 0 Å². The number of hydrogen-bond acceptors (Lipinski definition) is 4. The Morgan fingerprint density at radius 3 is 2.68 bits per heavy atom. The molecule has 3 N–H and O–H groups in total. The van der Waals surface area contributed by atoms with Gasteiger partial charge < -0.3 is 15.4 Å². The number of rotatable bonds is 7. The van der Waals surface area contributed by atoms with Crippen molar-refractivity contribution in [2.45, 2.75) is 43.1 Å². The molecule has 4 heterocycles. The number of aromatic nitrogens is 1. The van der Waals surface area contributed by atoms with Crippen molar-refractivity contribution in [3.05, 3.63) is 65.4 Å². The maximum absolute atomic E-state index is 15.3. The average molecular weight is 467 g/mol. The number of anilines is 1. The van der Waals surface area contributed by atoms with Crippen LogP contribution in [0.3, 0.4) is 0 Å². The number of alkyl halides is 2. The minimum absolute atomic E-state index is 0.0666. The van der Waals surface area contributed by atoms with Crippen LogP contribution in [0.1, 0.15) is 35.7 Å². The number of aliphatic hydroxyl groups is 1. The topological polar surface area (TPSA) is 54.5 Å². The van der Waals surface area contributed by atoms with Crippen molar-refractivity contribution in [2.24, 2.45) is 0 Å². The van der Waals surface area contributed by atoms with Crippen LogP contribution in [-0.4, -0.2) is 77.1 Å². The van der Waals surface area contributed by atoms with Crippen LogP contribution in [0.25, 0.3) is 10.9 Å². The van der Waals surface area contributed by atoms with Gasteiger partial charge in [0.15, 0.2) is 0 Å². The maximum atomic E-state index is 15.3. The third kappa shape index (κ3) is 3.80. The van der Waals surface area contributed by atoms with E-state index in [0.717, 1.165) is 48.5 Å².